The van der Waals surface area contributed by atoms with Crippen molar-refractivity contribution >= 4 is 29.6 Å². The number of nitrogens with two attached hydrogens (primary N) is 2. The van der Waals surface area contributed by atoms with Gasteiger partial charge in [0.25, 0.3) is 0 Å². The number of aliphatic hydroxyl groups is 1. The summed E-state index contributed by atoms with van der Waals surface area (Å²) >= 11 is 0. The molecule has 0 bridgehead atoms. The maximum Gasteiger partial charge on any atom is 0.328 e. The molecule has 0 heterocycles. The third-order valence-electron chi connectivity index (χ3n) is 4.22. The Morgan fingerprint density at radius 2 is 1.52 bits per heavy atom. The Kier molecular flexibility index (Phi) is 10.1. The van der Waals surface area contributed by atoms with E-state index < -0.39 is 66.8 Å². The van der Waals surface area contributed by atoms with Crippen molar-refractivity contribution < 1.29 is 34.2 Å². The highest BCUT2D eigenvalue weighted by atomic mass is 16.4. The molecule has 0 aliphatic rings. The number of rotatable bonds is 12. The molecular formula is C19H27N5O7. The van der Waals surface area contributed by atoms with Gasteiger partial charge in [0.2, 0.25) is 23.6 Å². The van der Waals surface area contributed by atoms with E-state index >= 15 is 0 Å². The van der Waals surface area contributed by atoms with Crippen molar-refractivity contribution in [2.75, 3.05) is 6.61 Å². The summed E-state index contributed by atoms with van der Waals surface area (Å²) in [6.45, 7) is 0.444. The lowest BCUT2D eigenvalue weighted by Gasteiger charge is -2.22. The zero-order valence-electron chi connectivity index (χ0n) is 16.9. The molecule has 12 nitrogen and oxygen atoms in total. The molecule has 0 aromatic heterocycles. The monoisotopic (exact) mass is 437 g/mol. The highest BCUT2D eigenvalue weighted by Crippen LogP contribution is 2.02. The van der Waals surface area contributed by atoms with Crippen LogP contribution in [0.25, 0.3) is 0 Å². The molecule has 0 aliphatic heterocycles. The summed E-state index contributed by atoms with van der Waals surface area (Å²) < 4.78 is 0. The fraction of sp³-hybridized carbons (Fsp3) is 0.421. The number of carboxylic acids is 1. The number of hydrogen-bond donors (Lipinski definition) is 7. The molecule has 0 radical (unpaired) electrons. The van der Waals surface area contributed by atoms with Crippen molar-refractivity contribution in [2.24, 2.45) is 11.5 Å². The second-order valence-electron chi connectivity index (χ2n) is 6.84. The van der Waals surface area contributed by atoms with Crippen LogP contribution in [0.15, 0.2) is 30.3 Å². The van der Waals surface area contributed by atoms with E-state index in [0.29, 0.717) is 0 Å². The van der Waals surface area contributed by atoms with Gasteiger partial charge in [0.15, 0.2) is 0 Å². The van der Waals surface area contributed by atoms with Gasteiger partial charge >= 0.3 is 5.97 Å². The molecule has 4 unspecified atom stereocenters. The first-order valence-electron chi connectivity index (χ1n) is 9.37. The molecule has 4 amide bonds. The lowest BCUT2D eigenvalue weighted by atomic mass is 10.1. The van der Waals surface area contributed by atoms with Gasteiger partial charge in [0.1, 0.15) is 18.1 Å². The van der Waals surface area contributed by atoms with Crippen LogP contribution < -0.4 is 27.4 Å². The van der Waals surface area contributed by atoms with Crippen molar-refractivity contribution in [1.82, 2.24) is 16.0 Å². The van der Waals surface area contributed by atoms with Crippen LogP contribution in [-0.4, -0.2) is 70.6 Å². The molecule has 1 aromatic carbocycles. The number of primary amides is 1. The number of benzene rings is 1. The Morgan fingerprint density at radius 3 is 2.03 bits per heavy atom. The van der Waals surface area contributed by atoms with E-state index in [1.807, 2.05) is 11.4 Å². The molecule has 170 valence electrons. The Hall–Kier alpha value is -3.51. The van der Waals surface area contributed by atoms with Crippen LogP contribution in [0.5, 0.6) is 0 Å². The summed E-state index contributed by atoms with van der Waals surface area (Å²) in [6, 6.07) is 3.83. The van der Waals surface area contributed by atoms with Crippen LogP contribution in [0, 0.1) is 0 Å². The van der Waals surface area contributed by atoms with Gasteiger partial charge in [0.05, 0.1) is 19.1 Å². The Balaban J connectivity index is 2.71. The zero-order valence-corrected chi connectivity index (χ0v) is 16.9. The van der Waals surface area contributed by atoms with Gasteiger partial charge < -0.3 is 37.6 Å². The van der Waals surface area contributed by atoms with Crippen LogP contribution in [0.4, 0.5) is 0 Å². The number of carboxylic acid groups (broad SMARTS) is 1. The third kappa shape index (κ3) is 8.80. The molecule has 12 heteroatoms. The van der Waals surface area contributed by atoms with E-state index in [1.54, 1.807) is 24.3 Å². The van der Waals surface area contributed by atoms with Crippen molar-refractivity contribution in [3.05, 3.63) is 35.9 Å². The fourth-order valence-electron chi connectivity index (χ4n) is 2.51. The average Bonchev–Trinajstić information content (AvgIpc) is 2.71. The summed E-state index contributed by atoms with van der Waals surface area (Å²) in [6.07, 6.45) is -0.380. The number of carbonyl (C=O) groups is 5. The van der Waals surface area contributed by atoms with Crippen LogP contribution in [0.2, 0.25) is 0 Å². The van der Waals surface area contributed by atoms with E-state index in [9.17, 15) is 24.0 Å². The molecule has 1 rings (SSSR count). The van der Waals surface area contributed by atoms with Gasteiger partial charge in [-0.1, -0.05) is 30.3 Å². The first kappa shape index (κ1) is 25.5. The van der Waals surface area contributed by atoms with Crippen molar-refractivity contribution in [3.8, 4) is 0 Å². The Labute approximate surface area is 178 Å². The van der Waals surface area contributed by atoms with E-state index in [4.69, 9.17) is 21.7 Å². The quantitative estimate of drug-likeness (QED) is 0.178. The Morgan fingerprint density at radius 1 is 0.935 bits per heavy atom. The van der Waals surface area contributed by atoms with Gasteiger partial charge in [0, 0.05) is 0 Å². The second-order valence-corrected chi connectivity index (χ2v) is 6.84. The van der Waals surface area contributed by atoms with Crippen LogP contribution >= 0.6 is 0 Å². The van der Waals surface area contributed by atoms with Crippen molar-refractivity contribution in [1.29, 1.82) is 0 Å². The highest BCUT2D eigenvalue weighted by Gasteiger charge is 2.29. The molecule has 0 saturated carbocycles. The number of amides is 4. The summed E-state index contributed by atoms with van der Waals surface area (Å²) in [5, 5.41) is 24.5. The number of aliphatic carboxylic acids is 1. The molecular weight excluding hydrogens is 410 g/mol. The standard InChI is InChI=1S/C19H27N5O7/c1-10(22-17(28)12(20)7-11-5-3-2-4-6-11)16(27)23-13(8-15(21)26)18(29)24-14(9-25)19(30)31/h2-6,10,12-14,25H,7-9,20H2,1H3,(H2,21,26)(H,22,28)(H,23,27)(H,24,29)(H,30,31). The zero-order chi connectivity index (χ0) is 23.6. The summed E-state index contributed by atoms with van der Waals surface area (Å²) in [4.78, 5) is 59.0. The normalized spacial score (nSPS) is 14.4. The smallest absolute Gasteiger partial charge is 0.328 e. The maximum absolute atomic E-state index is 12.4. The number of carbonyl (C=O) groups excluding carboxylic acids is 4. The second kappa shape index (κ2) is 12.2. The largest absolute Gasteiger partial charge is 0.480 e. The minimum Gasteiger partial charge on any atom is -0.480 e. The molecule has 0 spiro atoms. The first-order valence-corrected chi connectivity index (χ1v) is 9.37. The number of aliphatic hydroxyl groups excluding tert-OH is 1. The van der Waals surface area contributed by atoms with E-state index in [-0.39, 0.29) is 6.42 Å². The minimum atomic E-state index is -1.63. The topological polar surface area (TPSA) is 214 Å². The van der Waals surface area contributed by atoms with Gasteiger partial charge in [-0.3, -0.25) is 19.2 Å². The summed E-state index contributed by atoms with van der Waals surface area (Å²) in [7, 11) is 0. The molecule has 0 aliphatic carbocycles. The number of hydrogen-bond acceptors (Lipinski definition) is 7. The minimum absolute atomic E-state index is 0.242. The summed E-state index contributed by atoms with van der Waals surface area (Å²) in [5.41, 5.74) is 11.8. The molecule has 0 fully saturated rings. The fourth-order valence-corrected chi connectivity index (χ4v) is 2.51. The van der Waals surface area contributed by atoms with Gasteiger partial charge in [-0.15, -0.1) is 0 Å². The predicted molar refractivity (Wildman–Crippen MR) is 108 cm³/mol. The third-order valence-corrected chi connectivity index (χ3v) is 4.22. The lowest BCUT2D eigenvalue weighted by Crippen LogP contribution is -2.57. The first-order chi connectivity index (χ1) is 14.5. The summed E-state index contributed by atoms with van der Waals surface area (Å²) in [5.74, 6) is -4.90. The number of nitrogens with one attached hydrogen (secondary N) is 3. The van der Waals surface area contributed by atoms with Crippen LogP contribution in [0.1, 0.15) is 18.9 Å². The van der Waals surface area contributed by atoms with Gasteiger partial charge in [-0.25, -0.2) is 4.79 Å². The molecule has 9 N–H and O–H groups in total. The lowest BCUT2D eigenvalue weighted by molar-refractivity contribution is -0.143. The Bertz CT molecular complexity index is 802. The predicted octanol–water partition coefficient (Wildman–Crippen LogP) is -3.02. The molecule has 1 aromatic rings. The van der Waals surface area contributed by atoms with Gasteiger partial charge in [-0.2, -0.15) is 0 Å². The maximum atomic E-state index is 12.4. The van der Waals surface area contributed by atoms with E-state index in [1.165, 1.54) is 6.92 Å². The van der Waals surface area contributed by atoms with E-state index in [2.05, 4.69) is 10.6 Å². The van der Waals surface area contributed by atoms with Crippen LogP contribution in [0.3, 0.4) is 0 Å². The highest BCUT2D eigenvalue weighted by molar-refractivity contribution is 5.96. The van der Waals surface area contributed by atoms with Crippen molar-refractivity contribution in [3.63, 3.8) is 0 Å². The molecule has 31 heavy (non-hydrogen) atoms. The average molecular weight is 437 g/mol. The van der Waals surface area contributed by atoms with E-state index in [0.717, 1.165) is 5.56 Å². The molecule has 0 saturated heterocycles. The van der Waals surface area contributed by atoms with Gasteiger partial charge in [-0.05, 0) is 18.9 Å². The van der Waals surface area contributed by atoms with Crippen molar-refractivity contribution in [2.45, 2.75) is 43.9 Å². The SMILES string of the molecule is CC(NC(=O)C(N)Cc1ccccc1)C(=O)NC(CC(N)=O)C(=O)NC(CO)C(=O)O. The molecule has 4 atom stereocenters. The van der Waals surface area contributed by atoms with Crippen LogP contribution in [-0.2, 0) is 30.4 Å².